The number of nitrogens with zero attached hydrogens (tertiary/aromatic N) is 1. The number of fused-ring (bicyclic) bond motifs is 3. The lowest BCUT2D eigenvalue weighted by molar-refractivity contribution is -0.169. The van der Waals surface area contributed by atoms with Crippen LogP contribution in [0.1, 0.15) is 56.2 Å². The van der Waals surface area contributed by atoms with Crippen LogP contribution in [0.25, 0.3) is 5.76 Å². The van der Waals surface area contributed by atoms with Gasteiger partial charge in [-0.05, 0) is 64.3 Å². The number of allylic oxidation sites excluding steroid dienone is 2. The Labute approximate surface area is 226 Å². The fraction of sp³-hybridized carbons (Fsp3) is 0.483. The number of aliphatic hydroxyl groups excluding tert-OH is 3. The van der Waals surface area contributed by atoms with Crippen LogP contribution >= 0.6 is 0 Å². The predicted molar refractivity (Wildman–Crippen MR) is 143 cm³/mol. The van der Waals surface area contributed by atoms with Gasteiger partial charge in [0.15, 0.2) is 11.4 Å². The first-order valence-corrected chi connectivity index (χ1v) is 13.0. The summed E-state index contributed by atoms with van der Waals surface area (Å²) in [6.07, 6.45) is 2.47. The lowest BCUT2D eigenvalue weighted by Crippen LogP contribution is -2.70. The van der Waals surface area contributed by atoms with Crippen molar-refractivity contribution in [2.24, 2.45) is 17.6 Å². The highest BCUT2D eigenvalue weighted by molar-refractivity contribution is 6.24. The average molecular weight is 541 g/mol. The Kier molecular flexibility index (Phi) is 7.26. The van der Waals surface area contributed by atoms with Crippen LogP contribution in [0, 0.1) is 11.8 Å². The highest BCUT2D eigenvalue weighted by atomic mass is 16.4. The molecule has 3 aliphatic rings. The van der Waals surface area contributed by atoms with E-state index < -0.39 is 70.1 Å². The highest BCUT2D eigenvalue weighted by Gasteiger charge is 2.68. The topological polar surface area (TPSA) is 182 Å². The van der Waals surface area contributed by atoms with Crippen LogP contribution in [0.5, 0.6) is 5.75 Å². The summed E-state index contributed by atoms with van der Waals surface area (Å²) >= 11 is 0. The van der Waals surface area contributed by atoms with Crippen molar-refractivity contribution in [2.75, 3.05) is 14.1 Å². The maximum absolute atomic E-state index is 14.0. The number of ketones is 2. The standard InChI is InChI=1S/C29H36N2O8/c1-6-12(2)8-7-9-14-10-11-15-13(3)16-18(23(33)17(15)22(14)32)26(36)29(39)20(24(16)34)21(31(4)5)25(35)19(27(29)37)28(30)38/h6,10-11,13,16,20-21,24,32-34,37,39H,7-9H2,1-5H3,(H2,30,38)/b12-6-/t13-,16+,20+,21-,24-,29-/m0/s1. The molecule has 1 amide bonds. The summed E-state index contributed by atoms with van der Waals surface area (Å²) in [7, 11) is 2.95. The summed E-state index contributed by atoms with van der Waals surface area (Å²) in [6, 6.07) is 2.11. The van der Waals surface area contributed by atoms with Crippen molar-refractivity contribution in [3.05, 3.63) is 57.4 Å². The van der Waals surface area contributed by atoms with Crippen molar-refractivity contribution < 1.29 is 39.9 Å². The first-order valence-electron chi connectivity index (χ1n) is 13.0. The molecule has 0 heterocycles. The first-order chi connectivity index (χ1) is 18.2. The number of aryl methyl sites for hydroxylation is 1. The maximum atomic E-state index is 14.0. The Morgan fingerprint density at radius 1 is 1.18 bits per heavy atom. The molecule has 0 bridgehead atoms. The van der Waals surface area contributed by atoms with E-state index in [1.807, 2.05) is 19.9 Å². The number of carbonyl (C=O) groups is 3. The van der Waals surface area contributed by atoms with Gasteiger partial charge < -0.3 is 31.3 Å². The van der Waals surface area contributed by atoms with Gasteiger partial charge in [-0.2, -0.15) is 0 Å². The van der Waals surface area contributed by atoms with Crippen LogP contribution in [-0.2, 0) is 20.8 Å². The molecule has 1 saturated carbocycles. The quantitative estimate of drug-likeness (QED) is 0.231. The van der Waals surface area contributed by atoms with Gasteiger partial charge in [0.2, 0.25) is 5.78 Å². The van der Waals surface area contributed by atoms with Gasteiger partial charge in [0.1, 0.15) is 22.8 Å². The van der Waals surface area contributed by atoms with Gasteiger partial charge in [0.05, 0.1) is 23.6 Å². The smallest absolute Gasteiger partial charge is 0.255 e. The number of hydrogen-bond donors (Lipinski definition) is 6. The molecule has 1 aromatic carbocycles. The molecule has 0 spiro atoms. The molecule has 3 aliphatic carbocycles. The molecular formula is C29H36N2O8. The molecule has 210 valence electrons. The van der Waals surface area contributed by atoms with Crippen LogP contribution in [0.2, 0.25) is 0 Å². The van der Waals surface area contributed by atoms with E-state index in [0.29, 0.717) is 17.5 Å². The number of carbonyl (C=O) groups excluding carboxylic acids is 3. The summed E-state index contributed by atoms with van der Waals surface area (Å²) in [5, 5.41) is 56.9. The number of aromatic hydroxyl groups is 1. The van der Waals surface area contributed by atoms with E-state index in [2.05, 4.69) is 0 Å². The number of aliphatic hydroxyl groups is 4. The van der Waals surface area contributed by atoms with Gasteiger partial charge in [-0.25, -0.2) is 0 Å². The highest BCUT2D eigenvalue weighted by Crippen LogP contribution is 2.56. The summed E-state index contributed by atoms with van der Waals surface area (Å²) in [6.45, 7) is 5.67. The minimum absolute atomic E-state index is 0.0197. The van der Waals surface area contributed by atoms with E-state index in [4.69, 9.17) is 5.73 Å². The van der Waals surface area contributed by atoms with Crippen molar-refractivity contribution >= 4 is 23.2 Å². The Bertz CT molecular complexity index is 1360. The van der Waals surface area contributed by atoms with Gasteiger partial charge in [-0.15, -0.1) is 0 Å². The Morgan fingerprint density at radius 2 is 1.82 bits per heavy atom. The molecule has 1 aromatic rings. The third-order valence-electron chi connectivity index (χ3n) is 8.72. The molecule has 0 aliphatic heterocycles. The van der Waals surface area contributed by atoms with Gasteiger partial charge in [0.25, 0.3) is 5.91 Å². The lowest BCUT2D eigenvalue weighted by atomic mass is 9.54. The number of phenolic OH excluding ortho intramolecular Hbond substituents is 1. The van der Waals surface area contributed by atoms with E-state index >= 15 is 0 Å². The van der Waals surface area contributed by atoms with Crippen molar-refractivity contribution in [3.63, 3.8) is 0 Å². The zero-order valence-electron chi connectivity index (χ0n) is 22.7. The predicted octanol–water partition coefficient (Wildman–Crippen LogP) is 1.78. The number of hydrogen-bond acceptors (Lipinski definition) is 9. The van der Waals surface area contributed by atoms with Crippen molar-refractivity contribution in [1.29, 1.82) is 0 Å². The number of nitrogens with two attached hydrogens (primary N) is 1. The van der Waals surface area contributed by atoms with Crippen LogP contribution in [0.4, 0.5) is 0 Å². The molecule has 4 rings (SSSR count). The van der Waals surface area contributed by atoms with E-state index in [9.17, 15) is 39.9 Å². The molecular weight excluding hydrogens is 504 g/mol. The van der Waals surface area contributed by atoms with E-state index in [1.165, 1.54) is 24.6 Å². The van der Waals surface area contributed by atoms with Crippen molar-refractivity contribution in [2.45, 2.75) is 63.7 Å². The molecule has 0 aromatic heterocycles. The van der Waals surface area contributed by atoms with Crippen LogP contribution in [0.3, 0.4) is 0 Å². The number of primary amides is 1. The molecule has 6 atom stereocenters. The zero-order valence-corrected chi connectivity index (χ0v) is 22.7. The summed E-state index contributed by atoms with van der Waals surface area (Å²) in [5.74, 6) is -8.77. The molecule has 0 saturated heterocycles. The molecule has 0 radical (unpaired) electrons. The van der Waals surface area contributed by atoms with Crippen LogP contribution in [0.15, 0.2) is 40.7 Å². The largest absolute Gasteiger partial charge is 0.508 e. The second kappa shape index (κ2) is 9.93. The van der Waals surface area contributed by atoms with Crippen molar-refractivity contribution in [3.8, 4) is 5.75 Å². The number of benzene rings is 1. The fourth-order valence-electron chi connectivity index (χ4n) is 6.56. The van der Waals surface area contributed by atoms with Gasteiger partial charge in [-0.1, -0.05) is 30.7 Å². The Hall–Kier alpha value is -3.47. The number of phenols is 1. The second-order valence-corrected chi connectivity index (χ2v) is 11.1. The minimum atomic E-state index is -2.92. The summed E-state index contributed by atoms with van der Waals surface area (Å²) in [4.78, 5) is 40.7. The SMILES string of the molecule is C/C=C(/C)CCCc1ccc2c(c1O)C(O)=C1C(=O)[C@]3(O)C(O)=C(C(N)=O)C(=O)[C@@H](N(C)C)[C@@H]3[C@@H](O)[C@@H]1[C@H]2C. The lowest BCUT2D eigenvalue weighted by Gasteiger charge is -2.53. The average Bonchev–Trinajstić information content (AvgIpc) is 2.86. The van der Waals surface area contributed by atoms with Gasteiger partial charge >= 0.3 is 0 Å². The maximum Gasteiger partial charge on any atom is 0.255 e. The number of amides is 1. The van der Waals surface area contributed by atoms with Crippen molar-refractivity contribution in [1.82, 2.24) is 4.90 Å². The summed E-state index contributed by atoms with van der Waals surface area (Å²) in [5.41, 5.74) is 3.37. The normalized spacial score (nSPS) is 30.9. The minimum Gasteiger partial charge on any atom is -0.508 e. The van der Waals surface area contributed by atoms with E-state index in [1.54, 1.807) is 19.1 Å². The van der Waals surface area contributed by atoms with Gasteiger partial charge in [-0.3, -0.25) is 19.3 Å². The Morgan fingerprint density at radius 3 is 2.38 bits per heavy atom. The van der Waals surface area contributed by atoms with E-state index in [0.717, 1.165) is 12.8 Å². The number of likely N-dealkylation sites (N-methyl/N-ethyl adjacent to an activating group) is 1. The molecule has 1 fully saturated rings. The fourth-order valence-corrected chi connectivity index (χ4v) is 6.56. The van der Waals surface area contributed by atoms with Crippen LogP contribution < -0.4 is 5.73 Å². The first kappa shape index (κ1) is 28.5. The summed E-state index contributed by atoms with van der Waals surface area (Å²) < 4.78 is 0. The van der Waals surface area contributed by atoms with Gasteiger partial charge in [0, 0.05) is 11.5 Å². The third-order valence-corrected chi connectivity index (χ3v) is 8.72. The number of rotatable bonds is 6. The molecule has 10 heteroatoms. The zero-order chi connectivity index (χ0) is 29.1. The number of Topliss-reactive ketones (excluding diaryl/α,β-unsaturated/α-hetero) is 2. The Balaban J connectivity index is 1.92. The van der Waals surface area contributed by atoms with Crippen LogP contribution in [-0.4, -0.2) is 79.7 Å². The molecule has 0 unspecified atom stereocenters. The second-order valence-electron chi connectivity index (χ2n) is 11.1. The molecule has 39 heavy (non-hydrogen) atoms. The van der Waals surface area contributed by atoms with E-state index in [-0.39, 0.29) is 16.9 Å². The third kappa shape index (κ3) is 4.00. The molecule has 7 N–H and O–H groups in total. The monoisotopic (exact) mass is 540 g/mol. The molecule has 10 nitrogen and oxygen atoms in total.